The van der Waals surface area contributed by atoms with Crippen molar-refractivity contribution in [1.82, 2.24) is 10.2 Å². The average Bonchev–Trinajstić information content (AvgIpc) is 2.82. The second-order valence-electron chi connectivity index (χ2n) is 9.56. The lowest BCUT2D eigenvalue weighted by atomic mass is 10.1. The second-order valence-corrected chi connectivity index (χ2v) is 11.5. The molecule has 8 heteroatoms. The molecule has 0 aliphatic rings. The maximum absolute atomic E-state index is 13.4. The van der Waals surface area contributed by atoms with Gasteiger partial charge in [-0.1, -0.05) is 55.3 Å². The molecule has 198 valence electrons. The molecule has 7 nitrogen and oxygen atoms in total. The summed E-state index contributed by atoms with van der Waals surface area (Å²) in [5.41, 5.74) is 4.51. The highest BCUT2D eigenvalue weighted by Gasteiger charge is 2.26. The van der Waals surface area contributed by atoms with E-state index in [1.165, 1.54) is 10.6 Å². The lowest BCUT2D eigenvalue weighted by molar-refractivity contribution is -0.140. The van der Waals surface area contributed by atoms with Crippen molar-refractivity contribution in [2.75, 3.05) is 23.7 Å². The van der Waals surface area contributed by atoms with Gasteiger partial charge in [-0.25, -0.2) is 8.42 Å². The first-order chi connectivity index (χ1) is 16.9. The summed E-state index contributed by atoms with van der Waals surface area (Å²) in [4.78, 5) is 27.7. The van der Waals surface area contributed by atoms with Crippen LogP contribution in [0.5, 0.6) is 0 Å². The number of hydrogen-bond acceptors (Lipinski definition) is 4. The molecule has 1 atom stereocenters. The first-order valence-corrected chi connectivity index (χ1v) is 14.5. The van der Waals surface area contributed by atoms with E-state index in [1.807, 2.05) is 63.2 Å². The number of carbonyl (C=O) groups is 2. The molecule has 0 bridgehead atoms. The van der Waals surface area contributed by atoms with Gasteiger partial charge in [0.2, 0.25) is 21.8 Å². The number of nitrogens with one attached hydrogen (secondary N) is 1. The molecule has 2 rings (SSSR count). The van der Waals surface area contributed by atoms with Crippen molar-refractivity contribution >= 4 is 27.5 Å². The summed E-state index contributed by atoms with van der Waals surface area (Å²) in [6.07, 6.45) is 3.51. The molecule has 2 aromatic rings. The fourth-order valence-electron chi connectivity index (χ4n) is 3.98. The van der Waals surface area contributed by atoms with E-state index in [2.05, 4.69) is 12.2 Å². The Morgan fingerprint density at radius 1 is 0.972 bits per heavy atom. The number of aryl methyl sites for hydroxylation is 3. The summed E-state index contributed by atoms with van der Waals surface area (Å²) in [6.45, 7) is 10.7. The first kappa shape index (κ1) is 29.4. The van der Waals surface area contributed by atoms with Crippen molar-refractivity contribution < 1.29 is 18.0 Å². The van der Waals surface area contributed by atoms with Crippen molar-refractivity contribution in [3.05, 3.63) is 64.7 Å². The van der Waals surface area contributed by atoms with Gasteiger partial charge in [-0.3, -0.25) is 13.9 Å². The Bertz CT molecular complexity index is 1130. The summed E-state index contributed by atoms with van der Waals surface area (Å²) >= 11 is 0. The standard InChI is InChI=1S/C28H41N3O4S/c1-7-8-17-29-28(33)24(5)30(20-25-15-12-21(2)13-16-25)27(32)10-9-18-31(36(6,34)35)26-19-22(3)11-14-23(26)4/h11-16,19,24H,7-10,17-18,20H2,1-6H3,(H,29,33). The fraction of sp³-hybridized carbons (Fsp3) is 0.500. The molecule has 0 aromatic heterocycles. The molecule has 0 aliphatic carbocycles. The zero-order chi connectivity index (χ0) is 26.9. The van der Waals surface area contributed by atoms with Crippen molar-refractivity contribution in [2.24, 2.45) is 0 Å². The van der Waals surface area contributed by atoms with Crippen LogP contribution in [0, 0.1) is 20.8 Å². The zero-order valence-corrected chi connectivity index (χ0v) is 23.3. The molecule has 0 heterocycles. The number of hydrogen-bond donors (Lipinski definition) is 1. The van der Waals surface area contributed by atoms with Gasteiger partial charge in [0.05, 0.1) is 11.9 Å². The predicted molar refractivity (Wildman–Crippen MR) is 146 cm³/mol. The van der Waals surface area contributed by atoms with E-state index in [1.54, 1.807) is 11.8 Å². The summed E-state index contributed by atoms with van der Waals surface area (Å²) in [6, 6.07) is 12.9. The van der Waals surface area contributed by atoms with Crippen molar-refractivity contribution in [3.8, 4) is 0 Å². The third-order valence-electron chi connectivity index (χ3n) is 6.26. The molecule has 0 fully saturated rings. The number of anilines is 1. The smallest absolute Gasteiger partial charge is 0.242 e. The third-order valence-corrected chi connectivity index (χ3v) is 7.44. The van der Waals surface area contributed by atoms with Crippen LogP contribution in [0.3, 0.4) is 0 Å². The minimum Gasteiger partial charge on any atom is -0.354 e. The van der Waals surface area contributed by atoms with Gasteiger partial charge in [0, 0.05) is 26.1 Å². The van der Waals surface area contributed by atoms with Gasteiger partial charge in [-0.15, -0.1) is 0 Å². The Balaban J connectivity index is 2.17. The van der Waals surface area contributed by atoms with E-state index < -0.39 is 16.1 Å². The Morgan fingerprint density at radius 2 is 1.61 bits per heavy atom. The number of carbonyl (C=O) groups excluding carboxylic acids is 2. The molecule has 0 radical (unpaired) electrons. The molecule has 36 heavy (non-hydrogen) atoms. The van der Waals surface area contributed by atoms with Crippen LogP contribution in [-0.2, 0) is 26.2 Å². The number of amides is 2. The van der Waals surface area contributed by atoms with E-state index >= 15 is 0 Å². The van der Waals surface area contributed by atoms with Crippen LogP contribution in [0.1, 0.15) is 61.8 Å². The first-order valence-electron chi connectivity index (χ1n) is 12.6. The second kappa shape index (κ2) is 13.4. The molecule has 0 aliphatic heterocycles. The fourth-order valence-corrected chi connectivity index (χ4v) is 4.99. The third kappa shape index (κ3) is 8.66. The van der Waals surface area contributed by atoms with Crippen molar-refractivity contribution in [3.63, 3.8) is 0 Å². The monoisotopic (exact) mass is 515 g/mol. The number of benzene rings is 2. The Morgan fingerprint density at radius 3 is 2.22 bits per heavy atom. The van der Waals surface area contributed by atoms with Gasteiger partial charge in [-0.05, 0) is 63.3 Å². The van der Waals surface area contributed by atoms with Crippen LogP contribution >= 0.6 is 0 Å². The lowest BCUT2D eigenvalue weighted by Gasteiger charge is -2.29. The molecule has 1 unspecified atom stereocenters. The minimum absolute atomic E-state index is 0.134. The molecule has 1 N–H and O–H groups in total. The van der Waals surface area contributed by atoms with Crippen LogP contribution in [0.2, 0.25) is 0 Å². The summed E-state index contributed by atoms with van der Waals surface area (Å²) in [5, 5.41) is 2.92. The topological polar surface area (TPSA) is 86.8 Å². The minimum atomic E-state index is -3.53. The normalized spacial score (nSPS) is 12.2. The quantitative estimate of drug-likeness (QED) is 0.398. The molecule has 2 amide bonds. The SMILES string of the molecule is CCCCNC(=O)C(C)N(Cc1ccc(C)cc1)C(=O)CCCN(c1cc(C)ccc1C)S(C)(=O)=O. The summed E-state index contributed by atoms with van der Waals surface area (Å²) < 4.78 is 26.5. The average molecular weight is 516 g/mol. The molecule has 2 aromatic carbocycles. The highest BCUT2D eigenvalue weighted by atomic mass is 32.2. The van der Waals surface area contributed by atoms with Gasteiger partial charge < -0.3 is 10.2 Å². The van der Waals surface area contributed by atoms with E-state index in [4.69, 9.17) is 0 Å². The maximum Gasteiger partial charge on any atom is 0.242 e. The molecular weight excluding hydrogens is 474 g/mol. The van der Waals surface area contributed by atoms with Crippen LogP contribution in [0.4, 0.5) is 5.69 Å². The van der Waals surface area contributed by atoms with Gasteiger partial charge in [0.15, 0.2) is 0 Å². The highest BCUT2D eigenvalue weighted by Crippen LogP contribution is 2.24. The Hall–Kier alpha value is -2.87. The number of sulfonamides is 1. The highest BCUT2D eigenvalue weighted by molar-refractivity contribution is 7.92. The number of unbranched alkanes of at least 4 members (excludes halogenated alkanes) is 1. The Kier molecular flexibility index (Phi) is 11.0. The zero-order valence-electron chi connectivity index (χ0n) is 22.5. The van der Waals surface area contributed by atoms with Crippen LogP contribution in [0.15, 0.2) is 42.5 Å². The number of nitrogens with zero attached hydrogens (tertiary/aromatic N) is 2. The van der Waals surface area contributed by atoms with E-state index in [-0.39, 0.29) is 24.8 Å². The molecule has 0 saturated carbocycles. The van der Waals surface area contributed by atoms with E-state index in [9.17, 15) is 18.0 Å². The lowest BCUT2D eigenvalue weighted by Crippen LogP contribution is -2.48. The largest absolute Gasteiger partial charge is 0.354 e. The van der Waals surface area contributed by atoms with E-state index in [0.717, 1.165) is 35.1 Å². The number of rotatable bonds is 13. The van der Waals surface area contributed by atoms with Gasteiger partial charge in [0.25, 0.3) is 0 Å². The van der Waals surface area contributed by atoms with E-state index in [0.29, 0.717) is 25.2 Å². The van der Waals surface area contributed by atoms with Crippen LogP contribution < -0.4 is 9.62 Å². The predicted octanol–water partition coefficient (Wildman–Crippen LogP) is 4.49. The van der Waals surface area contributed by atoms with Crippen LogP contribution in [0.25, 0.3) is 0 Å². The molecular formula is C28H41N3O4S. The van der Waals surface area contributed by atoms with Gasteiger partial charge in [0.1, 0.15) is 6.04 Å². The summed E-state index contributed by atoms with van der Waals surface area (Å²) in [5.74, 6) is -0.361. The van der Waals surface area contributed by atoms with Gasteiger partial charge >= 0.3 is 0 Å². The summed E-state index contributed by atoms with van der Waals surface area (Å²) in [7, 11) is -3.53. The van der Waals surface area contributed by atoms with Gasteiger partial charge in [-0.2, -0.15) is 0 Å². The maximum atomic E-state index is 13.4. The van der Waals surface area contributed by atoms with Crippen LogP contribution in [-0.4, -0.2) is 50.5 Å². The van der Waals surface area contributed by atoms with Crippen molar-refractivity contribution in [1.29, 1.82) is 0 Å². The Labute approximate surface area is 216 Å². The molecule has 0 spiro atoms. The van der Waals surface area contributed by atoms with Crippen molar-refractivity contribution in [2.45, 2.75) is 72.9 Å². The molecule has 0 saturated heterocycles.